The summed E-state index contributed by atoms with van der Waals surface area (Å²) in [6.45, 7) is 3.98. The van der Waals surface area contributed by atoms with Crippen molar-refractivity contribution < 1.29 is 22.7 Å². The van der Waals surface area contributed by atoms with E-state index in [0.717, 1.165) is 12.1 Å². The molecule has 4 nitrogen and oxygen atoms in total. The molecule has 0 aliphatic rings. The highest BCUT2D eigenvalue weighted by Crippen LogP contribution is 2.30. The van der Waals surface area contributed by atoms with Crippen molar-refractivity contribution in [2.24, 2.45) is 4.99 Å². The lowest BCUT2D eigenvalue weighted by Gasteiger charge is -2.19. The standard InChI is InChI=1S/C20H23F4N3O.HI/c1-3-25-19(26-11-14-7-8-18(21)16(9-14)12-28)27-13(2)15-5-4-6-17(10-15)20(22,23)24;/h4-10,13,28H,3,11-12H2,1-2H3,(H2,25,26,27);1H. The maximum absolute atomic E-state index is 13.5. The first kappa shape index (κ1) is 25.2. The molecule has 0 heterocycles. The second-order valence-electron chi connectivity index (χ2n) is 6.27. The Kier molecular flexibility index (Phi) is 9.84. The summed E-state index contributed by atoms with van der Waals surface area (Å²) in [4.78, 5) is 4.39. The predicted octanol–water partition coefficient (Wildman–Crippen LogP) is 4.77. The van der Waals surface area contributed by atoms with E-state index in [9.17, 15) is 17.6 Å². The zero-order valence-corrected chi connectivity index (χ0v) is 18.4. The van der Waals surface area contributed by atoms with Gasteiger partial charge in [0.2, 0.25) is 0 Å². The summed E-state index contributed by atoms with van der Waals surface area (Å²) in [6, 6.07) is 9.07. The number of aliphatic hydroxyl groups excluding tert-OH is 1. The number of guanidine groups is 1. The summed E-state index contributed by atoms with van der Waals surface area (Å²) < 4.78 is 52.2. The number of nitrogens with zero attached hydrogens (tertiary/aromatic N) is 1. The summed E-state index contributed by atoms with van der Waals surface area (Å²) in [5, 5.41) is 15.3. The Morgan fingerprint density at radius 3 is 2.52 bits per heavy atom. The van der Waals surface area contributed by atoms with Crippen molar-refractivity contribution in [3.05, 3.63) is 70.5 Å². The van der Waals surface area contributed by atoms with Crippen molar-refractivity contribution >= 4 is 29.9 Å². The molecule has 2 aromatic rings. The molecule has 0 spiro atoms. The zero-order chi connectivity index (χ0) is 20.7. The SMILES string of the molecule is CCNC(=NCc1ccc(F)c(CO)c1)NC(C)c1cccc(C(F)(F)F)c1.I. The maximum atomic E-state index is 13.5. The van der Waals surface area contributed by atoms with E-state index in [2.05, 4.69) is 15.6 Å². The van der Waals surface area contributed by atoms with E-state index >= 15 is 0 Å². The highest BCUT2D eigenvalue weighted by atomic mass is 127. The molecule has 0 amide bonds. The second-order valence-corrected chi connectivity index (χ2v) is 6.27. The van der Waals surface area contributed by atoms with Crippen molar-refractivity contribution in [1.29, 1.82) is 0 Å². The lowest BCUT2D eigenvalue weighted by atomic mass is 10.1. The third-order valence-corrected chi connectivity index (χ3v) is 4.11. The molecule has 0 bridgehead atoms. The van der Waals surface area contributed by atoms with Gasteiger partial charge in [0, 0.05) is 12.1 Å². The Morgan fingerprint density at radius 2 is 1.90 bits per heavy atom. The average Bonchev–Trinajstić information content (AvgIpc) is 2.66. The van der Waals surface area contributed by atoms with Gasteiger partial charge in [0.1, 0.15) is 5.82 Å². The van der Waals surface area contributed by atoms with E-state index in [1.54, 1.807) is 19.1 Å². The van der Waals surface area contributed by atoms with Crippen LogP contribution in [0.2, 0.25) is 0 Å². The van der Waals surface area contributed by atoms with Crippen LogP contribution < -0.4 is 10.6 Å². The number of aliphatic imine (C=N–C) groups is 1. The highest BCUT2D eigenvalue weighted by Gasteiger charge is 2.30. The number of benzene rings is 2. The van der Waals surface area contributed by atoms with Gasteiger partial charge in [0.25, 0.3) is 0 Å². The Balaban J connectivity index is 0.00000420. The minimum absolute atomic E-state index is 0. The van der Waals surface area contributed by atoms with Gasteiger partial charge in [-0.2, -0.15) is 13.2 Å². The van der Waals surface area contributed by atoms with Crippen molar-refractivity contribution in [1.82, 2.24) is 10.6 Å². The molecule has 0 aliphatic carbocycles. The molecule has 3 N–H and O–H groups in total. The maximum Gasteiger partial charge on any atom is 0.416 e. The van der Waals surface area contributed by atoms with Crippen LogP contribution in [0.4, 0.5) is 17.6 Å². The molecule has 160 valence electrons. The van der Waals surface area contributed by atoms with Crippen molar-refractivity contribution in [3.63, 3.8) is 0 Å². The fraction of sp³-hybridized carbons (Fsp3) is 0.350. The molecule has 0 aromatic heterocycles. The highest BCUT2D eigenvalue weighted by molar-refractivity contribution is 14.0. The van der Waals surface area contributed by atoms with Crippen molar-refractivity contribution in [2.75, 3.05) is 6.54 Å². The third kappa shape index (κ3) is 7.46. The lowest BCUT2D eigenvalue weighted by molar-refractivity contribution is -0.137. The molecule has 0 saturated carbocycles. The molecule has 1 unspecified atom stereocenters. The molecule has 0 saturated heterocycles. The Hall–Kier alpha value is -1.88. The number of nitrogens with one attached hydrogen (secondary N) is 2. The van der Waals surface area contributed by atoms with E-state index < -0.39 is 30.2 Å². The van der Waals surface area contributed by atoms with Crippen LogP contribution in [0.25, 0.3) is 0 Å². The first-order chi connectivity index (χ1) is 13.2. The summed E-state index contributed by atoms with van der Waals surface area (Å²) in [6.07, 6.45) is -4.40. The molecule has 0 fully saturated rings. The summed E-state index contributed by atoms with van der Waals surface area (Å²) >= 11 is 0. The normalized spacial score (nSPS) is 12.9. The van der Waals surface area contributed by atoms with Gasteiger partial charge < -0.3 is 15.7 Å². The smallest absolute Gasteiger partial charge is 0.392 e. The number of hydrogen-bond donors (Lipinski definition) is 3. The van der Waals surface area contributed by atoms with E-state index in [0.29, 0.717) is 23.6 Å². The molecule has 1 atom stereocenters. The fourth-order valence-electron chi connectivity index (χ4n) is 2.61. The van der Waals surface area contributed by atoms with Gasteiger partial charge in [-0.15, -0.1) is 24.0 Å². The van der Waals surface area contributed by atoms with E-state index in [4.69, 9.17) is 5.11 Å². The monoisotopic (exact) mass is 525 g/mol. The van der Waals surface area contributed by atoms with Gasteiger partial charge in [-0.25, -0.2) is 9.38 Å². The predicted molar refractivity (Wildman–Crippen MR) is 116 cm³/mol. The third-order valence-electron chi connectivity index (χ3n) is 4.11. The second kappa shape index (κ2) is 11.3. The number of alkyl halides is 3. The zero-order valence-electron chi connectivity index (χ0n) is 16.1. The van der Waals surface area contributed by atoms with Crippen LogP contribution in [0, 0.1) is 5.82 Å². The summed E-state index contributed by atoms with van der Waals surface area (Å²) in [5.74, 6) is -0.0688. The largest absolute Gasteiger partial charge is 0.416 e. The first-order valence-electron chi connectivity index (χ1n) is 8.84. The molecule has 2 aromatic carbocycles. The van der Waals surface area contributed by atoms with E-state index in [1.165, 1.54) is 18.2 Å². The Morgan fingerprint density at radius 1 is 1.17 bits per heavy atom. The van der Waals surface area contributed by atoms with Gasteiger partial charge in [-0.05, 0) is 49.2 Å². The first-order valence-corrected chi connectivity index (χ1v) is 8.84. The number of hydrogen-bond acceptors (Lipinski definition) is 2. The minimum Gasteiger partial charge on any atom is -0.392 e. The average molecular weight is 525 g/mol. The molecular weight excluding hydrogens is 501 g/mol. The summed E-state index contributed by atoms with van der Waals surface area (Å²) in [5.41, 5.74) is 0.658. The number of halogens is 5. The quantitative estimate of drug-likeness (QED) is 0.221. The minimum atomic E-state index is -4.40. The van der Waals surface area contributed by atoms with Gasteiger partial charge in [-0.3, -0.25) is 0 Å². The van der Waals surface area contributed by atoms with Crippen LogP contribution in [0.1, 0.15) is 42.1 Å². The van der Waals surface area contributed by atoms with E-state index in [1.807, 2.05) is 6.92 Å². The molecular formula is C20H24F4IN3O. The van der Waals surface area contributed by atoms with E-state index in [-0.39, 0.29) is 36.1 Å². The van der Waals surface area contributed by atoms with Gasteiger partial charge >= 0.3 is 6.18 Å². The fourth-order valence-corrected chi connectivity index (χ4v) is 2.61. The van der Waals surface area contributed by atoms with Crippen LogP contribution >= 0.6 is 24.0 Å². The van der Waals surface area contributed by atoms with Gasteiger partial charge in [-0.1, -0.05) is 18.2 Å². The molecule has 9 heteroatoms. The number of aliphatic hydroxyl groups is 1. The number of rotatable bonds is 6. The molecule has 2 rings (SSSR count). The van der Waals surface area contributed by atoms with Crippen molar-refractivity contribution in [3.8, 4) is 0 Å². The van der Waals surface area contributed by atoms with Crippen molar-refractivity contribution in [2.45, 2.75) is 39.2 Å². The van der Waals surface area contributed by atoms with Crippen LogP contribution in [0.15, 0.2) is 47.5 Å². The molecule has 29 heavy (non-hydrogen) atoms. The lowest BCUT2D eigenvalue weighted by Crippen LogP contribution is -2.38. The van der Waals surface area contributed by atoms with Crippen LogP contribution in [-0.4, -0.2) is 17.6 Å². The van der Waals surface area contributed by atoms with Gasteiger partial charge in [0.15, 0.2) is 5.96 Å². The van der Waals surface area contributed by atoms with Crippen LogP contribution in [0.5, 0.6) is 0 Å². The molecule has 0 radical (unpaired) electrons. The topological polar surface area (TPSA) is 56.7 Å². The summed E-state index contributed by atoms with van der Waals surface area (Å²) in [7, 11) is 0. The Labute approximate surface area is 184 Å². The van der Waals surface area contributed by atoms with Crippen LogP contribution in [-0.2, 0) is 19.3 Å². The van der Waals surface area contributed by atoms with Gasteiger partial charge in [0.05, 0.1) is 24.8 Å². The molecule has 0 aliphatic heterocycles. The van der Waals surface area contributed by atoms with Crippen LogP contribution in [0.3, 0.4) is 0 Å². The Bertz CT molecular complexity index is 828.